The summed E-state index contributed by atoms with van der Waals surface area (Å²) in [7, 11) is 0. The largest absolute Gasteiger partial charge is 0.441 e. The van der Waals surface area contributed by atoms with Gasteiger partial charge in [-0.25, -0.2) is 14.3 Å². The molecule has 0 unspecified atom stereocenters. The van der Waals surface area contributed by atoms with Gasteiger partial charge in [-0.05, 0) is 0 Å². The zero-order valence-electron chi connectivity index (χ0n) is 4.57. The predicted molar refractivity (Wildman–Crippen MR) is 27.8 cm³/mol. The molecule has 0 radical (unpaired) electrons. The number of aromatic nitrogens is 2. The number of rotatable bonds is 0. The molecule has 0 aromatic carbocycles. The van der Waals surface area contributed by atoms with Gasteiger partial charge < -0.3 is 4.74 Å². The molecule has 1 aromatic rings. The highest BCUT2D eigenvalue weighted by molar-refractivity contribution is 5.72. The summed E-state index contributed by atoms with van der Waals surface area (Å²) in [5.74, 6) is 0.681. The first-order chi connectivity index (χ1) is 4.38. The summed E-state index contributed by atoms with van der Waals surface area (Å²) in [6, 6.07) is 0. The Morgan fingerprint density at radius 1 is 1.78 bits per heavy atom. The zero-order chi connectivity index (χ0) is 6.27. The molecular weight excluding hydrogens is 120 g/mol. The molecule has 46 valence electrons. The summed E-state index contributed by atoms with van der Waals surface area (Å²) in [5, 5.41) is 0. The molecule has 2 rings (SSSR count). The van der Waals surface area contributed by atoms with Crippen molar-refractivity contribution in [3.8, 4) is 0 Å². The van der Waals surface area contributed by atoms with Gasteiger partial charge in [0.15, 0.2) is 12.4 Å². The first-order valence-corrected chi connectivity index (χ1v) is 2.57. The number of carbonyl (C=O) groups excluding carboxylic acids is 1. The van der Waals surface area contributed by atoms with Crippen molar-refractivity contribution in [1.82, 2.24) is 9.55 Å². The van der Waals surface area contributed by atoms with Crippen LogP contribution in [-0.4, -0.2) is 15.6 Å². The maximum absolute atomic E-state index is 10.6. The lowest BCUT2D eigenvalue weighted by molar-refractivity contribution is 0.160. The molecule has 0 amide bonds. The Hall–Kier alpha value is -1.32. The van der Waals surface area contributed by atoms with Crippen molar-refractivity contribution in [2.45, 2.75) is 6.61 Å². The van der Waals surface area contributed by atoms with Crippen LogP contribution in [0.5, 0.6) is 0 Å². The van der Waals surface area contributed by atoms with E-state index in [-0.39, 0.29) is 6.09 Å². The molecule has 0 saturated carbocycles. The number of fused-ring (bicyclic) bond motifs is 1. The molecule has 2 heterocycles. The van der Waals surface area contributed by atoms with Crippen molar-refractivity contribution < 1.29 is 9.53 Å². The predicted octanol–water partition coefficient (Wildman–Crippen LogP) is 0.381. The Balaban J connectivity index is 2.61. The van der Waals surface area contributed by atoms with Crippen molar-refractivity contribution in [1.29, 1.82) is 0 Å². The second-order valence-corrected chi connectivity index (χ2v) is 1.77. The van der Waals surface area contributed by atoms with E-state index < -0.39 is 0 Å². The molecule has 1 aliphatic rings. The van der Waals surface area contributed by atoms with Crippen LogP contribution in [0.2, 0.25) is 0 Å². The summed E-state index contributed by atoms with van der Waals surface area (Å²) < 4.78 is 6.01. The maximum atomic E-state index is 10.6. The van der Waals surface area contributed by atoms with Gasteiger partial charge in [-0.1, -0.05) is 0 Å². The van der Waals surface area contributed by atoms with Crippen LogP contribution < -0.4 is 0 Å². The topological polar surface area (TPSA) is 44.1 Å². The number of nitrogens with zero attached hydrogens (tertiary/aromatic N) is 2. The molecular formula is C5H4N2O2. The monoisotopic (exact) mass is 124 g/mol. The highest BCUT2D eigenvalue weighted by Crippen LogP contribution is 2.08. The number of ether oxygens (including phenoxy) is 1. The second-order valence-electron chi connectivity index (χ2n) is 1.77. The molecule has 0 bridgehead atoms. The van der Waals surface area contributed by atoms with Crippen LogP contribution in [0, 0.1) is 0 Å². The summed E-state index contributed by atoms with van der Waals surface area (Å²) in [6.45, 7) is 0.311. The summed E-state index contributed by atoms with van der Waals surface area (Å²) >= 11 is 0. The van der Waals surface area contributed by atoms with E-state index in [2.05, 4.69) is 9.72 Å². The van der Waals surface area contributed by atoms with E-state index in [1.54, 1.807) is 12.4 Å². The van der Waals surface area contributed by atoms with Crippen molar-refractivity contribution in [2.24, 2.45) is 0 Å². The fourth-order valence-electron chi connectivity index (χ4n) is 0.803. The van der Waals surface area contributed by atoms with Gasteiger partial charge in [0.1, 0.15) is 0 Å². The Morgan fingerprint density at radius 2 is 2.67 bits per heavy atom. The molecule has 0 aliphatic carbocycles. The van der Waals surface area contributed by atoms with Crippen molar-refractivity contribution in [2.75, 3.05) is 0 Å². The van der Waals surface area contributed by atoms with Crippen LogP contribution >= 0.6 is 0 Å². The average Bonchev–Trinajstić information content (AvgIpc) is 2.35. The number of carbonyl (C=O) groups is 1. The van der Waals surface area contributed by atoms with Crippen LogP contribution in [0.15, 0.2) is 12.4 Å². The summed E-state index contributed by atoms with van der Waals surface area (Å²) in [5.41, 5.74) is 0. The fraction of sp³-hybridized carbons (Fsp3) is 0.200. The zero-order valence-corrected chi connectivity index (χ0v) is 4.57. The van der Waals surface area contributed by atoms with Crippen LogP contribution in [0.4, 0.5) is 4.79 Å². The molecule has 1 aromatic heterocycles. The second kappa shape index (κ2) is 1.34. The van der Waals surface area contributed by atoms with E-state index in [1.807, 2.05) is 0 Å². The smallest absolute Gasteiger partial charge is 0.420 e. The maximum Gasteiger partial charge on any atom is 0.420 e. The highest BCUT2D eigenvalue weighted by atomic mass is 16.6. The molecule has 0 spiro atoms. The van der Waals surface area contributed by atoms with Crippen molar-refractivity contribution >= 4 is 6.09 Å². The van der Waals surface area contributed by atoms with Crippen molar-refractivity contribution in [3.63, 3.8) is 0 Å². The van der Waals surface area contributed by atoms with Crippen LogP contribution in [0.25, 0.3) is 0 Å². The third-order valence-electron chi connectivity index (χ3n) is 1.24. The van der Waals surface area contributed by atoms with Gasteiger partial charge in [-0.3, -0.25) is 0 Å². The molecule has 4 heteroatoms. The van der Waals surface area contributed by atoms with E-state index in [0.717, 1.165) is 0 Å². The first-order valence-electron chi connectivity index (χ1n) is 2.57. The lowest BCUT2D eigenvalue weighted by Gasteiger charge is -1.85. The number of imidazole rings is 1. The number of cyclic esters (lactones) is 1. The van der Waals surface area contributed by atoms with Gasteiger partial charge in [-0.15, -0.1) is 0 Å². The Kier molecular flexibility index (Phi) is 0.677. The van der Waals surface area contributed by atoms with Gasteiger partial charge in [0, 0.05) is 12.4 Å². The molecule has 9 heavy (non-hydrogen) atoms. The molecule has 0 atom stereocenters. The fourth-order valence-corrected chi connectivity index (χ4v) is 0.803. The van der Waals surface area contributed by atoms with Gasteiger partial charge in [0.2, 0.25) is 0 Å². The minimum atomic E-state index is -0.331. The number of hydrogen-bond acceptors (Lipinski definition) is 3. The Morgan fingerprint density at radius 3 is 3.44 bits per heavy atom. The lowest BCUT2D eigenvalue weighted by atomic mass is 10.7. The molecule has 0 saturated heterocycles. The summed E-state index contributed by atoms with van der Waals surface area (Å²) in [6.07, 6.45) is 2.84. The third kappa shape index (κ3) is 0.468. The quantitative estimate of drug-likeness (QED) is 0.502. The summed E-state index contributed by atoms with van der Waals surface area (Å²) in [4.78, 5) is 14.5. The van der Waals surface area contributed by atoms with E-state index in [0.29, 0.717) is 12.4 Å². The normalized spacial score (nSPS) is 15.3. The van der Waals surface area contributed by atoms with Crippen LogP contribution in [0.3, 0.4) is 0 Å². The van der Waals surface area contributed by atoms with Crippen LogP contribution in [-0.2, 0) is 11.3 Å². The molecule has 0 N–H and O–H groups in total. The van der Waals surface area contributed by atoms with Crippen molar-refractivity contribution in [3.05, 3.63) is 18.2 Å². The van der Waals surface area contributed by atoms with E-state index >= 15 is 0 Å². The minimum Gasteiger partial charge on any atom is -0.441 e. The lowest BCUT2D eigenvalue weighted by Crippen LogP contribution is -2.01. The van der Waals surface area contributed by atoms with Gasteiger partial charge in [0.05, 0.1) is 0 Å². The molecule has 4 nitrogen and oxygen atoms in total. The third-order valence-corrected chi connectivity index (χ3v) is 1.24. The Labute approximate surface area is 51.1 Å². The first kappa shape index (κ1) is 4.55. The molecule has 1 aliphatic heterocycles. The van der Waals surface area contributed by atoms with Gasteiger partial charge in [-0.2, -0.15) is 0 Å². The van der Waals surface area contributed by atoms with Gasteiger partial charge >= 0.3 is 6.09 Å². The standard InChI is InChI=1S/C5H4N2O2/c8-5-7-2-1-6-4(7)3-9-5/h1-2H,3H2. The SMILES string of the molecule is O=C1OCc2nccn21. The van der Waals surface area contributed by atoms with E-state index in [9.17, 15) is 4.79 Å². The minimum absolute atomic E-state index is 0.311. The Bertz CT molecular complexity index is 253. The van der Waals surface area contributed by atoms with E-state index in [4.69, 9.17) is 0 Å². The van der Waals surface area contributed by atoms with Gasteiger partial charge in [0.25, 0.3) is 0 Å². The average molecular weight is 124 g/mol. The highest BCUT2D eigenvalue weighted by Gasteiger charge is 2.19. The molecule has 0 fully saturated rings. The van der Waals surface area contributed by atoms with E-state index in [1.165, 1.54) is 4.57 Å². The number of hydrogen-bond donors (Lipinski definition) is 0. The van der Waals surface area contributed by atoms with Crippen LogP contribution in [0.1, 0.15) is 5.82 Å².